The second-order valence-electron chi connectivity index (χ2n) is 7.85. The summed E-state index contributed by atoms with van der Waals surface area (Å²) < 4.78 is 41.6. The molecular weight excluding hydrogens is 540 g/mol. The van der Waals surface area contributed by atoms with Gasteiger partial charge in [-0.05, 0) is 72.4 Å². The first-order valence-electron chi connectivity index (χ1n) is 10.8. The van der Waals surface area contributed by atoms with Gasteiger partial charge in [0.2, 0.25) is 0 Å². The first kappa shape index (κ1) is 24.8. The second-order valence-corrected chi connectivity index (χ2v) is 10.2. The van der Waals surface area contributed by atoms with E-state index in [0.717, 1.165) is 0 Å². The Morgan fingerprint density at radius 2 is 1.62 bits per heavy atom. The number of ether oxygens (including phenoxy) is 2. The van der Waals surface area contributed by atoms with E-state index >= 15 is 0 Å². The van der Waals surface area contributed by atoms with Gasteiger partial charge in [0.1, 0.15) is 29.4 Å². The lowest BCUT2D eigenvalue weighted by atomic mass is 10.1. The minimum atomic E-state index is -4.15. The van der Waals surface area contributed by atoms with Crippen molar-refractivity contribution in [2.75, 3.05) is 18.1 Å². The van der Waals surface area contributed by atoms with Gasteiger partial charge >= 0.3 is 10.1 Å². The predicted molar refractivity (Wildman–Crippen MR) is 139 cm³/mol. The molecule has 1 saturated heterocycles. The predicted octanol–water partition coefficient (Wildman–Crippen LogP) is 3.71. The maximum absolute atomic E-state index is 13.1. The van der Waals surface area contributed by atoms with E-state index in [9.17, 15) is 18.0 Å². The standard InChI is InChI=1S/C25H17ClN2O7S2/c26-16-3-5-17(6-4-16)28-24(30)20(23(29)27-25(28)36)13-15-1-7-18(8-2-15)35-37(31,32)19-9-10-21-22(14-19)34-12-11-33-21/h1-10,13-14H,11-12H2,(H,27,29,36). The zero-order valence-corrected chi connectivity index (χ0v) is 21.2. The number of carbonyl (C=O) groups is 2. The lowest BCUT2D eigenvalue weighted by Crippen LogP contribution is -2.54. The van der Waals surface area contributed by atoms with Gasteiger partial charge in [0.15, 0.2) is 16.6 Å². The largest absolute Gasteiger partial charge is 0.486 e. The summed E-state index contributed by atoms with van der Waals surface area (Å²) in [4.78, 5) is 26.7. The molecule has 1 N–H and O–H groups in total. The molecule has 0 aromatic heterocycles. The fourth-order valence-corrected chi connectivity index (χ4v) is 4.98. The number of amides is 2. The van der Waals surface area contributed by atoms with Gasteiger partial charge in [-0.1, -0.05) is 23.7 Å². The summed E-state index contributed by atoms with van der Waals surface area (Å²) in [6.45, 7) is 0.704. The molecule has 9 nitrogen and oxygen atoms in total. The Kier molecular flexibility index (Phi) is 6.59. The number of rotatable bonds is 5. The molecule has 188 valence electrons. The van der Waals surface area contributed by atoms with Gasteiger partial charge < -0.3 is 13.7 Å². The number of nitrogens with zero attached hydrogens (tertiary/aromatic N) is 1. The van der Waals surface area contributed by atoms with E-state index in [1.807, 2.05) is 0 Å². The maximum Gasteiger partial charge on any atom is 0.339 e. The Balaban J connectivity index is 1.35. The first-order valence-corrected chi connectivity index (χ1v) is 13.0. The molecular formula is C25H17ClN2O7S2. The number of nitrogens with one attached hydrogen (secondary N) is 1. The second kappa shape index (κ2) is 9.85. The minimum Gasteiger partial charge on any atom is -0.486 e. The fourth-order valence-electron chi connectivity index (χ4n) is 3.62. The van der Waals surface area contributed by atoms with Crippen molar-refractivity contribution >= 4 is 62.6 Å². The van der Waals surface area contributed by atoms with Crippen LogP contribution in [-0.4, -0.2) is 38.6 Å². The number of fused-ring (bicyclic) bond motifs is 1. The summed E-state index contributed by atoms with van der Waals surface area (Å²) in [6, 6.07) is 16.5. The number of halogens is 1. The highest BCUT2D eigenvalue weighted by atomic mass is 35.5. The number of hydrogen-bond acceptors (Lipinski definition) is 8. The van der Waals surface area contributed by atoms with Crippen molar-refractivity contribution in [1.29, 1.82) is 0 Å². The van der Waals surface area contributed by atoms with Gasteiger partial charge in [-0.15, -0.1) is 0 Å². The Morgan fingerprint density at radius 1 is 0.946 bits per heavy atom. The molecule has 3 aromatic carbocycles. The molecule has 5 rings (SSSR count). The average molecular weight is 557 g/mol. The Bertz CT molecular complexity index is 1550. The number of anilines is 1. The topological polar surface area (TPSA) is 111 Å². The summed E-state index contributed by atoms with van der Waals surface area (Å²) in [5, 5.41) is 2.93. The van der Waals surface area contributed by atoms with Crippen molar-refractivity contribution in [3.63, 3.8) is 0 Å². The summed E-state index contributed by atoms with van der Waals surface area (Å²) in [5.74, 6) is -0.445. The average Bonchev–Trinajstić information content (AvgIpc) is 2.88. The zero-order chi connectivity index (χ0) is 26.2. The van der Waals surface area contributed by atoms with Crippen LogP contribution in [0.25, 0.3) is 6.08 Å². The molecule has 0 unspecified atom stereocenters. The number of carbonyl (C=O) groups excluding carboxylic acids is 2. The molecule has 2 heterocycles. The summed E-state index contributed by atoms with van der Waals surface area (Å²) in [7, 11) is -4.15. The van der Waals surface area contributed by atoms with E-state index in [0.29, 0.717) is 41.0 Å². The Hall–Kier alpha value is -3.93. The van der Waals surface area contributed by atoms with Gasteiger partial charge in [0.25, 0.3) is 11.8 Å². The maximum atomic E-state index is 13.1. The van der Waals surface area contributed by atoms with Gasteiger partial charge in [-0.3, -0.25) is 19.8 Å². The normalized spacial score (nSPS) is 16.5. The third-order valence-electron chi connectivity index (χ3n) is 5.39. The summed E-state index contributed by atoms with van der Waals surface area (Å²) >= 11 is 11.1. The van der Waals surface area contributed by atoms with Crippen LogP contribution in [-0.2, 0) is 19.7 Å². The molecule has 0 saturated carbocycles. The zero-order valence-electron chi connectivity index (χ0n) is 18.8. The number of benzene rings is 3. The SMILES string of the molecule is O=C1NC(=S)N(c2ccc(Cl)cc2)C(=O)C1=Cc1ccc(OS(=O)(=O)c2ccc3c(c2)OCCO3)cc1. The van der Waals surface area contributed by atoms with E-state index in [-0.39, 0.29) is 21.3 Å². The fraction of sp³-hybridized carbons (Fsp3) is 0.0800. The molecule has 2 aliphatic rings. The third-order valence-corrected chi connectivity index (χ3v) is 7.17. The van der Waals surface area contributed by atoms with E-state index in [1.54, 1.807) is 24.3 Å². The monoisotopic (exact) mass is 556 g/mol. The van der Waals surface area contributed by atoms with Gasteiger partial charge in [-0.2, -0.15) is 8.42 Å². The molecule has 1 fully saturated rings. The third kappa shape index (κ3) is 5.15. The first-order chi connectivity index (χ1) is 17.7. The van der Waals surface area contributed by atoms with Crippen LogP contribution in [0, 0.1) is 0 Å². The molecule has 2 aliphatic heterocycles. The van der Waals surface area contributed by atoms with E-state index in [1.165, 1.54) is 53.4 Å². The van der Waals surface area contributed by atoms with Crippen molar-refractivity contribution in [3.05, 3.63) is 82.9 Å². The summed E-state index contributed by atoms with van der Waals surface area (Å²) in [5.41, 5.74) is 0.756. The molecule has 0 radical (unpaired) electrons. The molecule has 37 heavy (non-hydrogen) atoms. The van der Waals surface area contributed by atoms with Crippen LogP contribution in [0.2, 0.25) is 5.02 Å². The van der Waals surface area contributed by atoms with Crippen molar-refractivity contribution < 1.29 is 31.7 Å². The highest BCUT2D eigenvalue weighted by Crippen LogP contribution is 2.33. The smallest absolute Gasteiger partial charge is 0.339 e. The molecule has 0 bridgehead atoms. The molecule has 0 atom stereocenters. The van der Waals surface area contributed by atoms with Crippen molar-refractivity contribution in [3.8, 4) is 17.2 Å². The van der Waals surface area contributed by atoms with Crippen molar-refractivity contribution in [1.82, 2.24) is 5.32 Å². The Labute approximate surface area is 222 Å². The lowest BCUT2D eigenvalue weighted by Gasteiger charge is -2.28. The minimum absolute atomic E-state index is 0.0421. The highest BCUT2D eigenvalue weighted by Gasteiger charge is 2.34. The molecule has 0 aliphatic carbocycles. The molecule has 12 heteroatoms. The van der Waals surface area contributed by atoms with Gasteiger partial charge in [0, 0.05) is 11.1 Å². The Morgan fingerprint density at radius 3 is 2.32 bits per heavy atom. The van der Waals surface area contributed by atoms with Crippen molar-refractivity contribution in [2.45, 2.75) is 4.90 Å². The molecule has 2 amide bonds. The highest BCUT2D eigenvalue weighted by molar-refractivity contribution is 7.87. The molecule has 0 spiro atoms. The van der Waals surface area contributed by atoms with Gasteiger partial charge in [0.05, 0.1) is 5.69 Å². The summed E-state index contributed by atoms with van der Waals surface area (Å²) in [6.07, 6.45) is 1.38. The van der Waals surface area contributed by atoms with Crippen LogP contribution in [0.15, 0.2) is 77.2 Å². The van der Waals surface area contributed by atoms with Crippen LogP contribution in [0.1, 0.15) is 5.56 Å². The molecule has 3 aromatic rings. The van der Waals surface area contributed by atoms with E-state index < -0.39 is 21.9 Å². The van der Waals surface area contributed by atoms with Crippen LogP contribution in [0.4, 0.5) is 5.69 Å². The van der Waals surface area contributed by atoms with Crippen LogP contribution < -0.4 is 23.9 Å². The van der Waals surface area contributed by atoms with Crippen LogP contribution >= 0.6 is 23.8 Å². The quantitative estimate of drug-likeness (QED) is 0.219. The lowest BCUT2D eigenvalue weighted by molar-refractivity contribution is -0.122. The van der Waals surface area contributed by atoms with E-state index in [4.69, 9.17) is 37.5 Å². The van der Waals surface area contributed by atoms with Gasteiger partial charge in [-0.25, -0.2) is 0 Å². The van der Waals surface area contributed by atoms with Crippen molar-refractivity contribution in [2.24, 2.45) is 0 Å². The van der Waals surface area contributed by atoms with Crippen LogP contribution in [0.3, 0.4) is 0 Å². The number of thiocarbonyl (C=S) groups is 1. The number of hydrogen-bond donors (Lipinski definition) is 1. The van der Waals surface area contributed by atoms with Crippen LogP contribution in [0.5, 0.6) is 17.2 Å². The van der Waals surface area contributed by atoms with E-state index in [2.05, 4.69) is 5.32 Å².